The molecule has 120 valence electrons. The van der Waals surface area contributed by atoms with E-state index >= 15 is 0 Å². The third-order valence-electron chi connectivity index (χ3n) is 4.86. The fraction of sp³-hybridized carbons (Fsp3) is 0.647. The van der Waals surface area contributed by atoms with Crippen molar-refractivity contribution in [3.63, 3.8) is 0 Å². The van der Waals surface area contributed by atoms with Crippen molar-refractivity contribution < 1.29 is 9.90 Å². The third-order valence-corrected chi connectivity index (χ3v) is 4.86. The lowest BCUT2D eigenvalue weighted by atomic mass is 9.90. The first kappa shape index (κ1) is 15.4. The first-order chi connectivity index (χ1) is 10.7. The topological polar surface area (TPSA) is 74.2 Å². The third kappa shape index (κ3) is 3.84. The Labute approximate surface area is 131 Å². The van der Waals surface area contributed by atoms with Gasteiger partial charge >= 0.3 is 0 Å². The van der Waals surface area contributed by atoms with Gasteiger partial charge in [-0.3, -0.25) is 9.78 Å². The van der Waals surface area contributed by atoms with Gasteiger partial charge in [0.15, 0.2) is 0 Å². The van der Waals surface area contributed by atoms with Crippen LogP contribution in [0.15, 0.2) is 18.3 Å². The minimum Gasteiger partial charge on any atom is -0.393 e. The number of aliphatic hydroxyl groups is 1. The Morgan fingerprint density at radius 3 is 2.64 bits per heavy atom. The molecule has 3 N–H and O–H groups in total. The molecular formula is C17H25N3O2. The maximum atomic E-state index is 12.4. The molecule has 3 rings (SSSR count). The quantitative estimate of drug-likeness (QED) is 0.792. The van der Waals surface area contributed by atoms with Gasteiger partial charge in [0.05, 0.1) is 6.10 Å². The largest absolute Gasteiger partial charge is 0.393 e. The van der Waals surface area contributed by atoms with Crippen LogP contribution in [0.4, 0.5) is 0 Å². The van der Waals surface area contributed by atoms with E-state index in [0.717, 1.165) is 51.6 Å². The Morgan fingerprint density at radius 1 is 1.18 bits per heavy atom. The highest BCUT2D eigenvalue weighted by Gasteiger charge is 2.22. The molecule has 1 aliphatic heterocycles. The average Bonchev–Trinajstić information content (AvgIpc) is 2.58. The monoisotopic (exact) mass is 303 g/mol. The van der Waals surface area contributed by atoms with E-state index in [-0.39, 0.29) is 18.1 Å². The summed E-state index contributed by atoms with van der Waals surface area (Å²) in [4.78, 5) is 16.6. The fourth-order valence-corrected chi connectivity index (χ4v) is 3.46. The number of aliphatic hydroxyl groups excluding tert-OH is 1. The summed E-state index contributed by atoms with van der Waals surface area (Å²) < 4.78 is 0. The van der Waals surface area contributed by atoms with Crippen LogP contribution in [0.25, 0.3) is 0 Å². The van der Waals surface area contributed by atoms with Crippen LogP contribution < -0.4 is 10.6 Å². The lowest BCUT2D eigenvalue weighted by molar-refractivity contribution is 0.0863. The SMILES string of the molecule is O=C(NC1CCC(O)CC1)c1cc(C2CCNCC2)ccn1. The van der Waals surface area contributed by atoms with E-state index in [4.69, 9.17) is 0 Å². The van der Waals surface area contributed by atoms with Crippen LogP contribution in [-0.4, -0.2) is 41.2 Å². The number of nitrogens with one attached hydrogen (secondary N) is 2. The van der Waals surface area contributed by atoms with Gasteiger partial charge in [-0.05, 0) is 75.2 Å². The van der Waals surface area contributed by atoms with Gasteiger partial charge < -0.3 is 15.7 Å². The first-order valence-electron chi connectivity index (χ1n) is 8.38. The van der Waals surface area contributed by atoms with E-state index in [1.807, 2.05) is 12.1 Å². The maximum absolute atomic E-state index is 12.4. The molecule has 0 unspecified atom stereocenters. The van der Waals surface area contributed by atoms with E-state index in [1.165, 1.54) is 5.56 Å². The van der Waals surface area contributed by atoms with Crippen molar-refractivity contribution in [1.29, 1.82) is 0 Å². The lowest BCUT2D eigenvalue weighted by Crippen LogP contribution is -2.39. The first-order valence-corrected chi connectivity index (χ1v) is 8.38. The Hall–Kier alpha value is -1.46. The van der Waals surface area contributed by atoms with Gasteiger partial charge in [-0.2, -0.15) is 0 Å². The maximum Gasteiger partial charge on any atom is 0.270 e. The highest BCUT2D eigenvalue weighted by molar-refractivity contribution is 5.92. The smallest absolute Gasteiger partial charge is 0.270 e. The average molecular weight is 303 g/mol. The number of amides is 1. The minimum absolute atomic E-state index is 0.0859. The summed E-state index contributed by atoms with van der Waals surface area (Å²) >= 11 is 0. The number of carbonyl (C=O) groups is 1. The summed E-state index contributed by atoms with van der Waals surface area (Å²) in [5.41, 5.74) is 1.74. The minimum atomic E-state index is -0.200. The van der Waals surface area contributed by atoms with E-state index in [1.54, 1.807) is 6.20 Å². The Bertz CT molecular complexity index is 506. The highest BCUT2D eigenvalue weighted by Crippen LogP contribution is 2.25. The molecule has 5 heteroatoms. The van der Waals surface area contributed by atoms with Gasteiger partial charge in [-0.1, -0.05) is 0 Å². The number of hydrogen-bond donors (Lipinski definition) is 3. The van der Waals surface area contributed by atoms with E-state index < -0.39 is 0 Å². The molecule has 1 saturated heterocycles. The van der Waals surface area contributed by atoms with Crippen molar-refractivity contribution in [2.24, 2.45) is 0 Å². The van der Waals surface area contributed by atoms with Crippen LogP contribution in [0, 0.1) is 0 Å². The summed E-state index contributed by atoms with van der Waals surface area (Å²) in [7, 11) is 0. The molecule has 2 heterocycles. The molecule has 2 fully saturated rings. The molecular weight excluding hydrogens is 278 g/mol. The highest BCUT2D eigenvalue weighted by atomic mass is 16.3. The van der Waals surface area contributed by atoms with Crippen molar-refractivity contribution in [2.45, 2.75) is 56.6 Å². The summed E-state index contributed by atoms with van der Waals surface area (Å²) in [5, 5.41) is 16.0. The van der Waals surface area contributed by atoms with E-state index in [9.17, 15) is 9.90 Å². The zero-order valence-electron chi connectivity index (χ0n) is 12.9. The molecule has 1 amide bonds. The second kappa shape index (κ2) is 7.20. The number of nitrogens with zero attached hydrogens (tertiary/aromatic N) is 1. The zero-order chi connectivity index (χ0) is 15.4. The van der Waals surface area contributed by atoms with E-state index in [0.29, 0.717) is 11.6 Å². The summed E-state index contributed by atoms with van der Waals surface area (Å²) in [6, 6.07) is 4.15. The summed E-state index contributed by atoms with van der Waals surface area (Å²) in [6.45, 7) is 2.08. The van der Waals surface area contributed by atoms with E-state index in [2.05, 4.69) is 15.6 Å². The van der Waals surface area contributed by atoms with Crippen LogP contribution in [0.3, 0.4) is 0 Å². The van der Waals surface area contributed by atoms with Crippen molar-refractivity contribution >= 4 is 5.91 Å². The number of carbonyl (C=O) groups excluding carboxylic acids is 1. The lowest BCUT2D eigenvalue weighted by Gasteiger charge is -2.26. The van der Waals surface area contributed by atoms with Crippen LogP contribution in [0.1, 0.15) is 60.5 Å². The van der Waals surface area contributed by atoms with Crippen LogP contribution in [0.5, 0.6) is 0 Å². The second-order valence-corrected chi connectivity index (χ2v) is 6.48. The molecule has 0 aromatic carbocycles. The molecule has 0 spiro atoms. The summed E-state index contributed by atoms with van der Waals surface area (Å²) in [6.07, 6.45) is 7.02. The van der Waals surface area contributed by atoms with Gasteiger partial charge in [0.25, 0.3) is 5.91 Å². The van der Waals surface area contributed by atoms with Crippen LogP contribution in [-0.2, 0) is 0 Å². The molecule has 1 aromatic heterocycles. The number of piperidine rings is 1. The van der Waals surface area contributed by atoms with Crippen molar-refractivity contribution in [2.75, 3.05) is 13.1 Å². The molecule has 5 nitrogen and oxygen atoms in total. The molecule has 1 aromatic rings. The number of pyridine rings is 1. The van der Waals surface area contributed by atoms with Crippen LogP contribution in [0.2, 0.25) is 0 Å². The molecule has 1 aliphatic carbocycles. The molecule has 22 heavy (non-hydrogen) atoms. The number of rotatable bonds is 3. The molecule has 0 radical (unpaired) electrons. The van der Waals surface area contributed by atoms with Crippen molar-refractivity contribution in [3.05, 3.63) is 29.6 Å². The summed E-state index contributed by atoms with van der Waals surface area (Å²) in [5.74, 6) is 0.442. The second-order valence-electron chi connectivity index (χ2n) is 6.48. The molecule has 2 aliphatic rings. The predicted octanol–water partition coefficient (Wildman–Crippen LogP) is 1.58. The van der Waals surface area contributed by atoms with Crippen molar-refractivity contribution in [3.8, 4) is 0 Å². The Morgan fingerprint density at radius 2 is 1.91 bits per heavy atom. The van der Waals surface area contributed by atoms with Gasteiger partial charge in [0.2, 0.25) is 0 Å². The van der Waals surface area contributed by atoms with Crippen LogP contribution >= 0.6 is 0 Å². The number of hydrogen-bond acceptors (Lipinski definition) is 4. The Kier molecular flexibility index (Phi) is 5.05. The van der Waals surface area contributed by atoms with Crippen molar-refractivity contribution in [1.82, 2.24) is 15.6 Å². The zero-order valence-corrected chi connectivity index (χ0v) is 12.9. The standard InChI is InChI=1S/C17H25N3O2/c21-15-3-1-14(2-4-15)20-17(22)16-11-13(7-10-19-16)12-5-8-18-9-6-12/h7,10-12,14-15,18,21H,1-6,8-9H2,(H,20,22). The normalized spacial score (nSPS) is 26.6. The molecule has 0 bridgehead atoms. The van der Waals surface area contributed by atoms with Gasteiger partial charge in [0, 0.05) is 12.2 Å². The number of aromatic nitrogens is 1. The van der Waals surface area contributed by atoms with Gasteiger partial charge in [-0.15, -0.1) is 0 Å². The van der Waals surface area contributed by atoms with Gasteiger partial charge in [0.1, 0.15) is 5.69 Å². The van der Waals surface area contributed by atoms with Gasteiger partial charge in [-0.25, -0.2) is 0 Å². The molecule has 1 saturated carbocycles. The molecule has 0 atom stereocenters. The predicted molar refractivity (Wildman–Crippen MR) is 84.8 cm³/mol. The fourth-order valence-electron chi connectivity index (χ4n) is 3.46. The Balaban J connectivity index is 1.62.